The molecule has 1 aromatic rings. The topological polar surface area (TPSA) is 71.0 Å². The normalized spacial score (nSPS) is 22.9. The average Bonchev–Trinajstić information content (AvgIpc) is 2.80. The molecule has 7 heteroatoms. The van der Waals surface area contributed by atoms with Crippen LogP contribution in [0, 0.1) is 0 Å². The highest BCUT2D eigenvalue weighted by molar-refractivity contribution is 5.39. The first kappa shape index (κ1) is 13.8. The molecule has 0 bridgehead atoms. The summed E-state index contributed by atoms with van der Waals surface area (Å²) in [6.45, 7) is 1.17. The highest BCUT2D eigenvalue weighted by atomic mass is 16.5. The van der Waals surface area contributed by atoms with Gasteiger partial charge in [-0.05, 0) is 14.1 Å². The number of nitrogens with zero attached hydrogens (tertiary/aromatic N) is 4. The van der Waals surface area contributed by atoms with Crippen molar-refractivity contribution in [2.24, 2.45) is 0 Å². The number of aliphatic hydroxyl groups excluding tert-OH is 1. The quantitative estimate of drug-likeness (QED) is 0.797. The molecule has 0 radical (unpaired) electrons. The lowest BCUT2D eigenvalue weighted by atomic mass is 10.2. The van der Waals surface area contributed by atoms with E-state index in [0.29, 0.717) is 30.8 Å². The number of methoxy groups -OCH3 is 2. The van der Waals surface area contributed by atoms with Crippen LogP contribution in [0.4, 0.5) is 5.95 Å². The summed E-state index contributed by atoms with van der Waals surface area (Å²) >= 11 is 0. The van der Waals surface area contributed by atoms with Crippen LogP contribution in [0.15, 0.2) is 6.07 Å². The SMILES string of the molecule is COc1cc(OC)nc(N2C[C@H](O)[C@@H](N(C)C)C2)n1. The molecule has 1 aromatic heterocycles. The number of aliphatic hydroxyl groups is 1. The van der Waals surface area contributed by atoms with E-state index in [2.05, 4.69) is 9.97 Å². The van der Waals surface area contributed by atoms with Crippen molar-refractivity contribution in [1.82, 2.24) is 14.9 Å². The predicted molar refractivity (Wildman–Crippen MR) is 70.8 cm³/mol. The van der Waals surface area contributed by atoms with E-state index < -0.39 is 6.10 Å². The van der Waals surface area contributed by atoms with E-state index in [1.54, 1.807) is 20.3 Å². The predicted octanol–water partition coefficient (Wildman–Crippen LogP) is -0.395. The Balaban J connectivity index is 2.23. The first-order valence-electron chi connectivity index (χ1n) is 6.11. The molecule has 0 spiro atoms. The molecule has 1 aliphatic rings. The molecule has 2 atom stereocenters. The molecule has 1 saturated heterocycles. The third-order valence-corrected chi connectivity index (χ3v) is 3.29. The molecule has 0 amide bonds. The first-order valence-corrected chi connectivity index (χ1v) is 6.11. The van der Waals surface area contributed by atoms with Crippen molar-refractivity contribution in [1.29, 1.82) is 0 Å². The van der Waals surface area contributed by atoms with Gasteiger partial charge in [-0.3, -0.25) is 0 Å². The highest BCUT2D eigenvalue weighted by Gasteiger charge is 2.34. The zero-order valence-corrected chi connectivity index (χ0v) is 11.7. The molecule has 2 heterocycles. The van der Waals surface area contributed by atoms with Gasteiger partial charge in [0.15, 0.2) is 0 Å². The minimum absolute atomic E-state index is 0.0702. The van der Waals surface area contributed by atoms with Crippen molar-refractivity contribution in [2.45, 2.75) is 12.1 Å². The molecule has 0 aromatic carbocycles. The van der Waals surface area contributed by atoms with Crippen molar-refractivity contribution in [3.63, 3.8) is 0 Å². The lowest BCUT2D eigenvalue weighted by Crippen LogP contribution is -2.38. The van der Waals surface area contributed by atoms with Crippen molar-refractivity contribution < 1.29 is 14.6 Å². The lowest BCUT2D eigenvalue weighted by molar-refractivity contribution is 0.114. The van der Waals surface area contributed by atoms with Crippen LogP contribution < -0.4 is 14.4 Å². The molecule has 1 fully saturated rings. The van der Waals surface area contributed by atoms with Crippen molar-refractivity contribution in [2.75, 3.05) is 46.3 Å². The Morgan fingerprint density at radius 2 is 1.79 bits per heavy atom. The van der Waals surface area contributed by atoms with E-state index in [-0.39, 0.29) is 6.04 Å². The molecule has 106 valence electrons. The summed E-state index contributed by atoms with van der Waals surface area (Å²) in [5.41, 5.74) is 0. The van der Waals surface area contributed by atoms with Gasteiger partial charge in [0, 0.05) is 13.1 Å². The second-order valence-electron chi connectivity index (χ2n) is 4.76. The maximum atomic E-state index is 10.0. The number of hydrogen-bond acceptors (Lipinski definition) is 7. The summed E-state index contributed by atoms with van der Waals surface area (Å²) < 4.78 is 10.3. The monoisotopic (exact) mass is 268 g/mol. The number of ether oxygens (including phenoxy) is 2. The standard InChI is InChI=1S/C12H20N4O3/c1-15(2)8-6-16(7-9(8)17)12-13-10(18-3)5-11(14-12)19-4/h5,8-9,17H,6-7H2,1-4H3/t8-,9-/m0/s1. The summed E-state index contributed by atoms with van der Waals surface area (Å²) in [5.74, 6) is 1.41. The zero-order chi connectivity index (χ0) is 14.0. The van der Waals surface area contributed by atoms with Crippen LogP contribution in [0.3, 0.4) is 0 Å². The van der Waals surface area contributed by atoms with Crippen LogP contribution in [0.1, 0.15) is 0 Å². The van der Waals surface area contributed by atoms with E-state index in [1.807, 2.05) is 23.9 Å². The number of rotatable bonds is 4. The number of hydrogen-bond donors (Lipinski definition) is 1. The van der Waals surface area contributed by atoms with Crippen molar-refractivity contribution in [3.8, 4) is 11.8 Å². The van der Waals surface area contributed by atoms with E-state index in [1.165, 1.54) is 0 Å². The van der Waals surface area contributed by atoms with Gasteiger partial charge in [0.25, 0.3) is 0 Å². The fraction of sp³-hybridized carbons (Fsp3) is 0.667. The highest BCUT2D eigenvalue weighted by Crippen LogP contribution is 2.24. The fourth-order valence-corrected chi connectivity index (χ4v) is 2.18. The molecule has 1 aliphatic heterocycles. The van der Waals surface area contributed by atoms with Crippen LogP contribution in [0.2, 0.25) is 0 Å². The van der Waals surface area contributed by atoms with Gasteiger partial charge < -0.3 is 24.4 Å². The van der Waals surface area contributed by atoms with Gasteiger partial charge in [0.1, 0.15) is 0 Å². The Morgan fingerprint density at radius 3 is 2.21 bits per heavy atom. The molecular formula is C12H20N4O3. The summed E-state index contributed by atoms with van der Waals surface area (Å²) in [5, 5.41) is 10.0. The van der Waals surface area contributed by atoms with E-state index in [4.69, 9.17) is 9.47 Å². The Kier molecular flexibility index (Phi) is 4.06. The molecule has 0 saturated carbocycles. The Bertz CT molecular complexity index is 419. The maximum Gasteiger partial charge on any atom is 0.232 e. The van der Waals surface area contributed by atoms with Gasteiger partial charge in [-0.25, -0.2) is 0 Å². The van der Waals surface area contributed by atoms with E-state index in [9.17, 15) is 5.11 Å². The number of aromatic nitrogens is 2. The molecular weight excluding hydrogens is 248 g/mol. The number of likely N-dealkylation sites (N-methyl/N-ethyl adjacent to an activating group) is 1. The average molecular weight is 268 g/mol. The van der Waals surface area contributed by atoms with Crippen LogP contribution in [0.5, 0.6) is 11.8 Å². The van der Waals surface area contributed by atoms with Gasteiger partial charge in [-0.15, -0.1) is 0 Å². The summed E-state index contributed by atoms with van der Waals surface area (Å²) in [6.07, 6.45) is -0.421. The molecule has 0 unspecified atom stereocenters. The Labute approximate surface area is 112 Å². The van der Waals surface area contributed by atoms with Gasteiger partial charge in [0.05, 0.1) is 32.4 Å². The van der Waals surface area contributed by atoms with E-state index in [0.717, 1.165) is 0 Å². The van der Waals surface area contributed by atoms with Crippen LogP contribution in [-0.4, -0.2) is 73.5 Å². The summed E-state index contributed by atoms with van der Waals surface area (Å²) in [7, 11) is 6.99. The summed E-state index contributed by atoms with van der Waals surface area (Å²) in [6, 6.07) is 1.69. The fourth-order valence-electron chi connectivity index (χ4n) is 2.18. The molecule has 1 N–H and O–H groups in total. The zero-order valence-electron chi connectivity index (χ0n) is 11.7. The Hall–Kier alpha value is -1.60. The van der Waals surface area contributed by atoms with Gasteiger partial charge in [-0.1, -0.05) is 0 Å². The number of anilines is 1. The van der Waals surface area contributed by atoms with Gasteiger partial charge in [-0.2, -0.15) is 9.97 Å². The number of β-amino-alcohol motifs (C(OH)–C–C–N with tert-alkyl or cyclic N) is 1. The lowest BCUT2D eigenvalue weighted by Gasteiger charge is -2.21. The first-order chi connectivity index (χ1) is 9.05. The third kappa shape index (κ3) is 2.87. The van der Waals surface area contributed by atoms with Crippen LogP contribution >= 0.6 is 0 Å². The van der Waals surface area contributed by atoms with Gasteiger partial charge >= 0.3 is 0 Å². The van der Waals surface area contributed by atoms with Crippen molar-refractivity contribution >= 4 is 5.95 Å². The third-order valence-electron chi connectivity index (χ3n) is 3.29. The minimum atomic E-state index is -0.421. The summed E-state index contributed by atoms with van der Waals surface area (Å²) in [4.78, 5) is 12.5. The minimum Gasteiger partial charge on any atom is -0.481 e. The van der Waals surface area contributed by atoms with Crippen LogP contribution in [-0.2, 0) is 0 Å². The van der Waals surface area contributed by atoms with E-state index >= 15 is 0 Å². The molecule has 0 aliphatic carbocycles. The second kappa shape index (κ2) is 5.58. The molecule has 19 heavy (non-hydrogen) atoms. The maximum absolute atomic E-state index is 10.0. The Morgan fingerprint density at radius 1 is 1.21 bits per heavy atom. The second-order valence-corrected chi connectivity index (χ2v) is 4.76. The van der Waals surface area contributed by atoms with Gasteiger partial charge in [0.2, 0.25) is 17.7 Å². The molecule has 7 nitrogen and oxygen atoms in total. The molecule has 2 rings (SSSR count). The van der Waals surface area contributed by atoms with Crippen LogP contribution in [0.25, 0.3) is 0 Å². The largest absolute Gasteiger partial charge is 0.481 e. The smallest absolute Gasteiger partial charge is 0.232 e. The van der Waals surface area contributed by atoms with Crippen molar-refractivity contribution in [3.05, 3.63) is 6.07 Å².